The topological polar surface area (TPSA) is 0 Å². The summed E-state index contributed by atoms with van der Waals surface area (Å²) in [6.45, 7) is 2.00. The molecule has 1 aromatic rings. The summed E-state index contributed by atoms with van der Waals surface area (Å²) >= 11 is 3.37. The predicted molar refractivity (Wildman–Crippen MR) is 59.9 cm³/mol. The van der Waals surface area contributed by atoms with Gasteiger partial charge in [0.05, 0.1) is 0 Å². The highest BCUT2D eigenvalue weighted by molar-refractivity contribution is 9.09. The van der Waals surface area contributed by atoms with Crippen LogP contribution in [0.25, 0.3) is 0 Å². The Hall–Kier alpha value is -0.510. The van der Waals surface area contributed by atoms with Crippen LogP contribution in [0.5, 0.6) is 0 Å². The van der Waals surface area contributed by atoms with Gasteiger partial charge in [0.2, 0.25) is 0 Å². The standard InChI is InChI=1S/C12H12BrF3/c1-6(7-2-3-7)12(13)8-4-10(15)11(16)5-9(8)14/h4-7,12H,2-3H2,1H3. The monoisotopic (exact) mass is 292 g/mol. The number of halogens is 4. The Bertz CT molecular complexity index is 401. The van der Waals surface area contributed by atoms with E-state index in [2.05, 4.69) is 15.9 Å². The van der Waals surface area contributed by atoms with E-state index in [0.717, 1.165) is 18.9 Å². The molecule has 2 atom stereocenters. The summed E-state index contributed by atoms with van der Waals surface area (Å²) in [5.74, 6) is -2.02. The van der Waals surface area contributed by atoms with E-state index in [1.165, 1.54) is 0 Å². The lowest BCUT2D eigenvalue weighted by molar-refractivity contribution is 0.464. The van der Waals surface area contributed by atoms with Gasteiger partial charge in [-0.3, -0.25) is 0 Å². The van der Waals surface area contributed by atoms with Crippen molar-refractivity contribution >= 4 is 15.9 Å². The molecule has 0 aromatic heterocycles. The maximum Gasteiger partial charge on any atom is 0.161 e. The number of rotatable bonds is 3. The smallest absolute Gasteiger partial charge is 0.161 e. The Labute approximate surface area is 101 Å². The highest BCUT2D eigenvalue weighted by atomic mass is 79.9. The molecule has 0 bridgehead atoms. The van der Waals surface area contributed by atoms with E-state index in [9.17, 15) is 13.2 Å². The first-order valence-corrected chi connectivity index (χ1v) is 6.20. The summed E-state index contributed by atoms with van der Waals surface area (Å²) in [7, 11) is 0. The van der Waals surface area contributed by atoms with Gasteiger partial charge in [0.25, 0.3) is 0 Å². The van der Waals surface area contributed by atoms with Crippen LogP contribution in [-0.4, -0.2) is 0 Å². The first kappa shape index (κ1) is 12.0. The van der Waals surface area contributed by atoms with Gasteiger partial charge in [-0.05, 0) is 30.7 Å². The lowest BCUT2D eigenvalue weighted by Crippen LogP contribution is -2.08. The van der Waals surface area contributed by atoms with Crippen molar-refractivity contribution in [1.82, 2.24) is 0 Å². The molecular weight excluding hydrogens is 281 g/mol. The molecule has 0 saturated heterocycles. The minimum Gasteiger partial charge on any atom is -0.207 e. The van der Waals surface area contributed by atoms with Crippen LogP contribution >= 0.6 is 15.9 Å². The minimum atomic E-state index is -1.14. The number of hydrogen-bond acceptors (Lipinski definition) is 0. The minimum absolute atomic E-state index is 0.207. The quantitative estimate of drug-likeness (QED) is 0.565. The third-order valence-corrected chi connectivity index (χ3v) is 4.49. The van der Waals surface area contributed by atoms with Crippen LogP contribution in [0.15, 0.2) is 12.1 Å². The van der Waals surface area contributed by atoms with Gasteiger partial charge in [-0.2, -0.15) is 0 Å². The van der Waals surface area contributed by atoms with E-state index < -0.39 is 17.5 Å². The molecule has 0 heterocycles. The van der Waals surface area contributed by atoms with Crippen molar-refractivity contribution in [3.63, 3.8) is 0 Å². The lowest BCUT2D eigenvalue weighted by Gasteiger charge is -2.18. The molecule has 0 amide bonds. The van der Waals surface area contributed by atoms with Crippen molar-refractivity contribution in [2.24, 2.45) is 11.8 Å². The van der Waals surface area contributed by atoms with E-state index in [0.29, 0.717) is 12.0 Å². The fraction of sp³-hybridized carbons (Fsp3) is 0.500. The van der Waals surface area contributed by atoms with Gasteiger partial charge in [0.1, 0.15) is 5.82 Å². The lowest BCUT2D eigenvalue weighted by atomic mass is 9.96. The number of hydrogen-bond donors (Lipinski definition) is 0. The zero-order valence-corrected chi connectivity index (χ0v) is 10.4. The summed E-state index contributed by atoms with van der Waals surface area (Å²) in [4.78, 5) is -0.255. The summed E-state index contributed by atoms with van der Waals surface area (Å²) in [5.41, 5.74) is 0.207. The molecule has 0 radical (unpaired) electrons. The van der Waals surface area contributed by atoms with Gasteiger partial charge in [-0.1, -0.05) is 22.9 Å². The molecule has 2 rings (SSSR count). The molecule has 0 spiro atoms. The fourth-order valence-electron chi connectivity index (χ4n) is 1.89. The van der Waals surface area contributed by atoms with E-state index in [1.54, 1.807) is 0 Å². The average Bonchev–Trinajstić information content (AvgIpc) is 3.05. The second-order valence-corrected chi connectivity index (χ2v) is 5.37. The predicted octanol–water partition coefficient (Wildman–Crippen LogP) is 4.59. The fourth-order valence-corrected chi connectivity index (χ4v) is 2.68. The normalized spacial score (nSPS) is 19.6. The van der Waals surface area contributed by atoms with Crippen LogP contribution in [-0.2, 0) is 0 Å². The van der Waals surface area contributed by atoms with Gasteiger partial charge in [0.15, 0.2) is 11.6 Å². The van der Waals surface area contributed by atoms with Gasteiger partial charge in [0, 0.05) is 16.5 Å². The highest BCUT2D eigenvalue weighted by Gasteiger charge is 2.34. The number of alkyl halides is 1. The van der Waals surface area contributed by atoms with Crippen molar-refractivity contribution in [2.75, 3.05) is 0 Å². The van der Waals surface area contributed by atoms with Crippen LogP contribution in [0, 0.1) is 29.3 Å². The molecule has 1 aliphatic rings. The van der Waals surface area contributed by atoms with Gasteiger partial charge >= 0.3 is 0 Å². The van der Waals surface area contributed by atoms with E-state index in [4.69, 9.17) is 0 Å². The van der Waals surface area contributed by atoms with Crippen LogP contribution in [0.2, 0.25) is 0 Å². The van der Waals surface area contributed by atoms with Crippen molar-refractivity contribution in [1.29, 1.82) is 0 Å². The SMILES string of the molecule is CC(C1CC1)C(Br)c1cc(F)c(F)cc1F. The van der Waals surface area contributed by atoms with E-state index >= 15 is 0 Å². The second kappa shape index (κ2) is 4.40. The third-order valence-electron chi connectivity index (χ3n) is 3.16. The zero-order chi connectivity index (χ0) is 11.9. The third kappa shape index (κ3) is 2.26. The second-order valence-electron chi connectivity index (χ2n) is 4.39. The number of benzene rings is 1. The van der Waals surface area contributed by atoms with Crippen LogP contribution in [0.3, 0.4) is 0 Å². The highest BCUT2D eigenvalue weighted by Crippen LogP contribution is 2.46. The molecule has 1 fully saturated rings. The molecular formula is C12H12BrF3. The summed E-state index contributed by atoms with van der Waals surface area (Å²) in [5, 5.41) is 0. The molecule has 2 unspecified atom stereocenters. The zero-order valence-electron chi connectivity index (χ0n) is 8.81. The Morgan fingerprint density at radius 3 is 2.25 bits per heavy atom. The van der Waals surface area contributed by atoms with Crippen molar-refractivity contribution in [2.45, 2.75) is 24.6 Å². The van der Waals surface area contributed by atoms with Crippen molar-refractivity contribution in [3.05, 3.63) is 35.1 Å². The van der Waals surface area contributed by atoms with Gasteiger partial charge in [-0.25, -0.2) is 13.2 Å². The van der Waals surface area contributed by atoms with Crippen molar-refractivity contribution < 1.29 is 13.2 Å². The van der Waals surface area contributed by atoms with Gasteiger partial charge < -0.3 is 0 Å². The average molecular weight is 293 g/mol. The van der Waals surface area contributed by atoms with E-state index in [-0.39, 0.29) is 16.3 Å². The first-order valence-electron chi connectivity index (χ1n) is 5.29. The largest absolute Gasteiger partial charge is 0.207 e. The Kier molecular flexibility index (Phi) is 3.29. The Morgan fingerprint density at radius 2 is 1.69 bits per heavy atom. The van der Waals surface area contributed by atoms with Gasteiger partial charge in [-0.15, -0.1) is 0 Å². The Morgan fingerprint density at radius 1 is 1.12 bits per heavy atom. The molecule has 1 saturated carbocycles. The maximum atomic E-state index is 13.5. The van der Waals surface area contributed by atoms with Crippen LogP contribution in [0.1, 0.15) is 30.2 Å². The van der Waals surface area contributed by atoms with Crippen molar-refractivity contribution in [3.8, 4) is 0 Å². The summed E-state index contributed by atoms with van der Waals surface area (Å²) in [6, 6.07) is 1.56. The summed E-state index contributed by atoms with van der Waals surface area (Å²) < 4.78 is 39.3. The molecule has 4 heteroatoms. The first-order chi connectivity index (χ1) is 7.50. The summed E-state index contributed by atoms with van der Waals surface area (Å²) in [6.07, 6.45) is 2.27. The Balaban J connectivity index is 2.28. The molecule has 1 aliphatic carbocycles. The molecule has 1 aromatic carbocycles. The molecule has 0 aliphatic heterocycles. The van der Waals surface area contributed by atoms with Crippen LogP contribution < -0.4 is 0 Å². The van der Waals surface area contributed by atoms with Crippen LogP contribution in [0.4, 0.5) is 13.2 Å². The molecule has 0 nitrogen and oxygen atoms in total. The van der Waals surface area contributed by atoms with E-state index in [1.807, 2.05) is 6.92 Å². The molecule has 0 N–H and O–H groups in total. The molecule has 88 valence electrons. The maximum absolute atomic E-state index is 13.5. The molecule has 16 heavy (non-hydrogen) atoms.